The van der Waals surface area contributed by atoms with Gasteiger partial charge in [0.1, 0.15) is 5.60 Å². The molecule has 1 aromatic rings. The highest BCUT2D eigenvalue weighted by Crippen LogP contribution is 2.21. The summed E-state index contributed by atoms with van der Waals surface area (Å²) in [6.45, 7) is 5.52. The van der Waals surface area contributed by atoms with Crippen molar-refractivity contribution in [3.63, 3.8) is 0 Å². The molecule has 0 N–H and O–H groups in total. The Hall–Kier alpha value is -0.290. The summed E-state index contributed by atoms with van der Waals surface area (Å²) >= 11 is 7.94. The van der Waals surface area contributed by atoms with Crippen LogP contribution in [0.5, 0.6) is 0 Å². The number of hydrogen-bond donors (Lipinski definition) is 0. The van der Waals surface area contributed by atoms with E-state index in [0.717, 1.165) is 3.57 Å². The van der Waals surface area contributed by atoms with Crippen molar-refractivity contribution < 1.29 is 9.53 Å². The predicted octanol–water partition coefficient (Wildman–Crippen LogP) is 3.90. The van der Waals surface area contributed by atoms with E-state index in [9.17, 15) is 4.79 Å². The van der Waals surface area contributed by atoms with E-state index in [1.165, 1.54) is 0 Å². The van der Waals surface area contributed by atoms with Crippen LogP contribution < -0.4 is 0 Å². The van der Waals surface area contributed by atoms with Crippen LogP contribution in [0.1, 0.15) is 31.1 Å². The summed E-state index contributed by atoms with van der Waals surface area (Å²) in [4.78, 5) is 11.7. The van der Waals surface area contributed by atoms with Crippen molar-refractivity contribution in [2.24, 2.45) is 0 Å². The minimum atomic E-state index is -0.470. The molecule has 0 aliphatic heterocycles. The second kappa shape index (κ2) is 4.70. The van der Waals surface area contributed by atoms with E-state index in [0.29, 0.717) is 10.6 Å². The number of rotatable bonds is 1. The molecule has 1 aromatic carbocycles. The summed E-state index contributed by atoms with van der Waals surface area (Å²) in [5, 5.41) is 0.642. The van der Waals surface area contributed by atoms with Crippen molar-refractivity contribution in [2.75, 3.05) is 0 Å². The van der Waals surface area contributed by atoms with Crippen molar-refractivity contribution in [1.82, 2.24) is 0 Å². The summed E-state index contributed by atoms with van der Waals surface area (Å²) in [6, 6.07) is 5.08. The van der Waals surface area contributed by atoms with Crippen LogP contribution in [0.15, 0.2) is 18.2 Å². The lowest BCUT2D eigenvalue weighted by Gasteiger charge is -2.19. The number of benzene rings is 1. The Morgan fingerprint density at radius 1 is 1.40 bits per heavy atom. The van der Waals surface area contributed by atoms with E-state index in [2.05, 4.69) is 22.6 Å². The molecule has 0 atom stereocenters. The van der Waals surface area contributed by atoms with E-state index in [-0.39, 0.29) is 5.97 Å². The predicted molar refractivity (Wildman–Crippen MR) is 69.3 cm³/mol. The first-order chi connectivity index (χ1) is 6.79. The van der Waals surface area contributed by atoms with Gasteiger partial charge in [0, 0.05) is 3.57 Å². The average molecular weight is 339 g/mol. The van der Waals surface area contributed by atoms with E-state index >= 15 is 0 Å². The van der Waals surface area contributed by atoms with Crippen LogP contribution in [0.4, 0.5) is 0 Å². The molecule has 0 aromatic heterocycles. The van der Waals surface area contributed by atoms with Crippen molar-refractivity contribution in [2.45, 2.75) is 26.4 Å². The van der Waals surface area contributed by atoms with Crippen LogP contribution >= 0.6 is 34.2 Å². The van der Waals surface area contributed by atoms with Gasteiger partial charge in [-0.1, -0.05) is 11.6 Å². The van der Waals surface area contributed by atoms with E-state index in [1.54, 1.807) is 18.2 Å². The minimum absolute atomic E-state index is 0.322. The van der Waals surface area contributed by atoms with Gasteiger partial charge in [-0.25, -0.2) is 4.79 Å². The second-order valence-corrected chi connectivity index (χ2v) is 5.70. The molecule has 15 heavy (non-hydrogen) atoms. The van der Waals surface area contributed by atoms with Gasteiger partial charge in [-0.3, -0.25) is 0 Å². The molecule has 0 saturated heterocycles. The smallest absolute Gasteiger partial charge is 0.338 e. The lowest BCUT2D eigenvalue weighted by atomic mass is 10.2. The number of halogens is 2. The molecule has 0 radical (unpaired) electrons. The Morgan fingerprint density at radius 2 is 2.00 bits per heavy atom. The molecule has 0 aliphatic carbocycles. The van der Waals surface area contributed by atoms with Crippen LogP contribution in [-0.4, -0.2) is 11.6 Å². The van der Waals surface area contributed by atoms with E-state index < -0.39 is 5.60 Å². The maximum absolute atomic E-state index is 11.7. The summed E-state index contributed by atoms with van der Waals surface area (Å²) < 4.78 is 6.08. The first-order valence-electron chi connectivity index (χ1n) is 4.48. The molecule has 0 heterocycles. The number of carbonyl (C=O) groups excluding carboxylic acids is 1. The Kier molecular flexibility index (Phi) is 4.00. The highest BCUT2D eigenvalue weighted by atomic mass is 127. The Bertz CT molecular complexity index is 383. The third-order valence-corrected chi connectivity index (χ3v) is 3.10. The fourth-order valence-electron chi connectivity index (χ4n) is 0.960. The summed E-state index contributed by atoms with van der Waals surface area (Å²) in [7, 11) is 0. The topological polar surface area (TPSA) is 26.3 Å². The zero-order valence-electron chi connectivity index (χ0n) is 8.80. The van der Waals surface area contributed by atoms with E-state index in [4.69, 9.17) is 16.3 Å². The maximum atomic E-state index is 11.7. The van der Waals surface area contributed by atoms with Crippen LogP contribution in [0.2, 0.25) is 5.02 Å². The Balaban J connectivity index is 2.88. The SMILES string of the molecule is CC(C)(C)OC(=O)c1ccc(Cl)c(I)c1. The maximum Gasteiger partial charge on any atom is 0.338 e. The molecule has 82 valence electrons. The molecule has 0 aliphatic rings. The highest BCUT2D eigenvalue weighted by Gasteiger charge is 2.18. The quantitative estimate of drug-likeness (QED) is 0.573. The molecule has 4 heteroatoms. The van der Waals surface area contributed by atoms with Gasteiger partial charge in [-0.05, 0) is 61.6 Å². The molecule has 0 saturated carbocycles. The Morgan fingerprint density at radius 3 is 2.47 bits per heavy atom. The number of carbonyl (C=O) groups is 1. The number of hydrogen-bond acceptors (Lipinski definition) is 2. The zero-order chi connectivity index (χ0) is 11.6. The number of ether oxygens (including phenoxy) is 1. The molecule has 0 bridgehead atoms. The van der Waals surface area contributed by atoms with Gasteiger partial charge >= 0.3 is 5.97 Å². The van der Waals surface area contributed by atoms with Crippen LogP contribution in [0.25, 0.3) is 0 Å². The van der Waals surface area contributed by atoms with Gasteiger partial charge in [0.25, 0.3) is 0 Å². The van der Waals surface area contributed by atoms with Crippen molar-refractivity contribution in [3.05, 3.63) is 32.4 Å². The normalized spacial score (nSPS) is 11.3. The molecular formula is C11H12ClIO2. The van der Waals surface area contributed by atoms with Crippen molar-refractivity contribution >= 4 is 40.2 Å². The summed E-state index contributed by atoms with van der Waals surface area (Å²) in [6.07, 6.45) is 0. The van der Waals surface area contributed by atoms with Gasteiger partial charge in [0.15, 0.2) is 0 Å². The molecule has 0 fully saturated rings. The fraction of sp³-hybridized carbons (Fsp3) is 0.364. The van der Waals surface area contributed by atoms with Gasteiger partial charge in [0.05, 0.1) is 10.6 Å². The lowest BCUT2D eigenvalue weighted by molar-refractivity contribution is 0.00695. The molecule has 0 spiro atoms. The van der Waals surface area contributed by atoms with Gasteiger partial charge in [-0.2, -0.15) is 0 Å². The lowest BCUT2D eigenvalue weighted by Crippen LogP contribution is -2.23. The Labute approximate surface area is 108 Å². The molecule has 2 nitrogen and oxygen atoms in total. The fourth-order valence-corrected chi connectivity index (χ4v) is 1.59. The minimum Gasteiger partial charge on any atom is -0.456 e. The van der Waals surface area contributed by atoms with E-state index in [1.807, 2.05) is 20.8 Å². The standard InChI is InChI=1S/C11H12ClIO2/c1-11(2,3)15-10(14)7-4-5-8(12)9(13)6-7/h4-6H,1-3H3. The molecule has 0 amide bonds. The third kappa shape index (κ3) is 3.99. The largest absolute Gasteiger partial charge is 0.456 e. The van der Waals surface area contributed by atoms with Crippen LogP contribution in [0.3, 0.4) is 0 Å². The monoisotopic (exact) mass is 338 g/mol. The summed E-state index contributed by atoms with van der Waals surface area (Å²) in [5.41, 5.74) is 0.0565. The van der Waals surface area contributed by atoms with Crippen LogP contribution in [0, 0.1) is 3.57 Å². The van der Waals surface area contributed by atoms with Crippen molar-refractivity contribution in [1.29, 1.82) is 0 Å². The number of esters is 1. The third-order valence-electron chi connectivity index (χ3n) is 1.55. The first kappa shape index (κ1) is 12.8. The average Bonchev–Trinajstić information content (AvgIpc) is 2.06. The molecule has 0 unspecified atom stereocenters. The van der Waals surface area contributed by atoms with Gasteiger partial charge in [-0.15, -0.1) is 0 Å². The first-order valence-corrected chi connectivity index (χ1v) is 5.94. The van der Waals surface area contributed by atoms with Gasteiger partial charge in [0.2, 0.25) is 0 Å². The molecular weight excluding hydrogens is 326 g/mol. The molecule has 1 rings (SSSR count). The zero-order valence-corrected chi connectivity index (χ0v) is 11.7. The summed E-state index contributed by atoms with van der Waals surface area (Å²) in [5.74, 6) is -0.322. The highest BCUT2D eigenvalue weighted by molar-refractivity contribution is 14.1. The van der Waals surface area contributed by atoms with Gasteiger partial charge < -0.3 is 4.74 Å². The second-order valence-electron chi connectivity index (χ2n) is 4.13. The van der Waals surface area contributed by atoms with Crippen molar-refractivity contribution in [3.8, 4) is 0 Å². The van der Waals surface area contributed by atoms with Crippen LogP contribution in [-0.2, 0) is 4.74 Å².